The number of methoxy groups -OCH3 is 2. The lowest BCUT2D eigenvalue weighted by Gasteiger charge is -2.18. The van der Waals surface area contributed by atoms with Crippen LogP contribution in [-0.4, -0.2) is 20.1 Å². The van der Waals surface area contributed by atoms with Crippen LogP contribution < -0.4 is 14.8 Å². The Morgan fingerprint density at radius 2 is 1.74 bits per heavy atom. The molecule has 0 heterocycles. The Morgan fingerprint density at radius 3 is 2.30 bits per heavy atom. The number of carbonyl (C=O) groups is 1. The quantitative estimate of drug-likeness (QED) is 0.917. The van der Waals surface area contributed by atoms with E-state index < -0.39 is 29.1 Å². The molecule has 0 radical (unpaired) electrons. The van der Waals surface area contributed by atoms with Crippen LogP contribution >= 0.6 is 0 Å². The van der Waals surface area contributed by atoms with Crippen LogP contribution in [-0.2, 0) is 0 Å². The van der Waals surface area contributed by atoms with Crippen molar-refractivity contribution in [2.24, 2.45) is 0 Å². The molecule has 0 fully saturated rings. The number of amides is 1. The molecule has 0 aliphatic rings. The van der Waals surface area contributed by atoms with Crippen LogP contribution in [0, 0.1) is 11.6 Å². The first-order valence-electron chi connectivity index (χ1n) is 6.94. The normalized spacial score (nSPS) is 11.7. The molecule has 2 aromatic rings. The van der Waals surface area contributed by atoms with Crippen molar-refractivity contribution in [1.82, 2.24) is 5.32 Å². The van der Waals surface area contributed by atoms with E-state index in [0.29, 0.717) is 17.1 Å². The van der Waals surface area contributed by atoms with Crippen LogP contribution in [0.4, 0.5) is 8.78 Å². The van der Waals surface area contributed by atoms with Crippen molar-refractivity contribution in [3.63, 3.8) is 0 Å². The molecule has 1 atom stereocenters. The van der Waals surface area contributed by atoms with Gasteiger partial charge in [0.2, 0.25) is 0 Å². The standard InChI is InChI=1S/C17H17F2NO3/c1-10(12-9-11(22-2)7-8-15(12)23-3)20-17(21)16-13(18)5-4-6-14(16)19/h4-10H,1-3H3,(H,20,21). The molecule has 2 aromatic carbocycles. The summed E-state index contributed by atoms with van der Waals surface area (Å²) in [6.45, 7) is 1.69. The number of rotatable bonds is 5. The molecule has 2 rings (SSSR count). The summed E-state index contributed by atoms with van der Waals surface area (Å²) in [6.07, 6.45) is 0. The van der Waals surface area contributed by atoms with Crippen molar-refractivity contribution < 1.29 is 23.0 Å². The summed E-state index contributed by atoms with van der Waals surface area (Å²) in [6, 6.07) is 7.85. The topological polar surface area (TPSA) is 47.6 Å². The predicted octanol–water partition coefficient (Wildman–Crippen LogP) is 3.47. The van der Waals surface area contributed by atoms with E-state index in [1.807, 2.05) is 0 Å². The highest BCUT2D eigenvalue weighted by molar-refractivity contribution is 5.95. The third-order valence-corrected chi connectivity index (χ3v) is 3.44. The molecule has 0 spiro atoms. The lowest BCUT2D eigenvalue weighted by molar-refractivity contribution is 0.0931. The number of benzene rings is 2. The van der Waals surface area contributed by atoms with Gasteiger partial charge in [0.1, 0.15) is 28.7 Å². The van der Waals surface area contributed by atoms with Gasteiger partial charge in [-0.1, -0.05) is 6.07 Å². The fourth-order valence-electron chi connectivity index (χ4n) is 2.24. The first kappa shape index (κ1) is 16.7. The maximum atomic E-state index is 13.7. The van der Waals surface area contributed by atoms with E-state index in [1.54, 1.807) is 25.1 Å². The van der Waals surface area contributed by atoms with Gasteiger partial charge in [0, 0.05) is 5.56 Å². The van der Waals surface area contributed by atoms with Crippen LogP contribution in [0.5, 0.6) is 11.5 Å². The molecule has 0 saturated carbocycles. The second-order valence-corrected chi connectivity index (χ2v) is 4.90. The van der Waals surface area contributed by atoms with Crippen molar-refractivity contribution in [1.29, 1.82) is 0 Å². The molecule has 1 amide bonds. The summed E-state index contributed by atoms with van der Waals surface area (Å²) in [5, 5.41) is 2.57. The first-order chi connectivity index (χ1) is 11.0. The van der Waals surface area contributed by atoms with E-state index in [0.717, 1.165) is 12.1 Å². The average Bonchev–Trinajstić information content (AvgIpc) is 2.53. The molecule has 23 heavy (non-hydrogen) atoms. The highest BCUT2D eigenvalue weighted by atomic mass is 19.1. The van der Waals surface area contributed by atoms with E-state index in [1.165, 1.54) is 20.3 Å². The summed E-state index contributed by atoms with van der Waals surface area (Å²) in [4.78, 5) is 12.2. The summed E-state index contributed by atoms with van der Waals surface area (Å²) in [5.41, 5.74) is 0.0261. The zero-order valence-corrected chi connectivity index (χ0v) is 13.0. The lowest BCUT2D eigenvalue weighted by Crippen LogP contribution is -2.28. The number of nitrogens with one attached hydrogen (secondary N) is 1. The summed E-state index contributed by atoms with van der Waals surface area (Å²) < 4.78 is 37.7. The van der Waals surface area contributed by atoms with Gasteiger partial charge in [-0.3, -0.25) is 4.79 Å². The molecular weight excluding hydrogens is 304 g/mol. The van der Waals surface area contributed by atoms with Gasteiger partial charge in [0.15, 0.2) is 0 Å². The van der Waals surface area contributed by atoms with Gasteiger partial charge in [-0.2, -0.15) is 0 Å². The highest BCUT2D eigenvalue weighted by Gasteiger charge is 2.21. The minimum atomic E-state index is -0.910. The number of hydrogen-bond acceptors (Lipinski definition) is 3. The Hall–Kier alpha value is -2.63. The Bertz CT molecular complexity index is 699. The van der Waals surface area contributed by atoms with E-state index in [4.69, 9.17) is 9.47 Å². The van der Waals surface area contributed by atoms with E-state index in [-0.39, 0.29) is 0 Å². The van der Waals surface area contributed by atoms with Crippen molar-refractivity contribution >= 4 is 5.91 Å². The fraction of sp³-hybridized carbons (Fsp3) is 0.235. The van der Waals surface area contributed by atoms with Gasteiger partial charge < -0.3 is 14.8 Å². The third-order valence-electron chi connectivity index (χ3n) is 3.44. The van der Waals surface area contributed by atoms with Crippen LogP contribution in [0.3, 0.4) is 0 Å². The number of halogens is 2. The average molecular weight is 321 g/mol. The van der Waals surface area contributed by atoms with Crippen LogP contribution in [0.15, 0.2) is 36.4 Å². The largest absolute Gasteiger partial charge is 0.497 e. The highest BCUT2D eigenvalue weighted by Crippen LogP contribution is 2.29. The van der Waals surface area contributed by atoms with Crippen molar-refractivity contribution in [2.75, 3.05) is 14.2 Å². The third kappa shape index (κ3) is 3.59. The molecule has 0 aliphatic heterocycles. The molecule has 0 saturated heterocycles. The second-order valence-electron chi connectivity index (χ2n) is 4.90. The van der Waals surface area contributed by atoms with Crippen LogP contribution in [0.1, 0.15) is 28.9 Å². The van der Waals surface area contributed by atoms with E-state index in [9.17, 15) is 13.6 Å². The van der Waals surface area contributed by atoms with Gasteiger partial charge in [0.05, 0.1) is 20.3 Å². The maximum Gasteiger partial charge on any atom is 0.257 e. The second kappa shape index (κ2) is 7.09. The molecule has 0 aromatic heterocycles. The minimum Gasteiger partial charge on any atom is -0.497 e. The van der Waals surface area contributed by atoms with E-state index in [2.05, 4.69) is 5.32 Å². The minimum absolute atomic E-state index is 0.535. The van der Waals surface area contributed by atoms with E-state index >= 15 is 0 Å². The van der Waals surface area contributed by atoms with Gasteiger partial charge in [-0.25, -0.2) is 8.78 Å². The van der Waals surface area contributed by atoms with Gasteiger partial charge in [0.25, 0.3) is 5.91 Å². The molecule has 122 valence electrons. The molecule has 1 N–H and O–H groups in total. The van der Waals surface area contributed by atoms with Gasteiger partial charge in [-0.05, 0) is 37.3 Å². The maximum absolute atomic E-state index is 13.7. The molecule has 6 heteroatoms. The molecule has 0 bridgehead atoms. The Morgan fingerprint density at radius 1 is 1.09 bits per heavy atom. The first-order valence-corrected chi connectivity index (χ1v) is 6.94. The molecular formula is C17H17F2NO3. The predicted molar refractivity (Wildman–Crippen MR) is 81.8 cm³/mol. The fourth-order valence-corrected chi connectivity index (χ4v) is 2.24. The monoisotopic (exact) mass is 321 g/mol. The zero-order chi connectivity index (χ0) is 17.0. The van der Waals surface area contributed by atoms with Crippen molar-refractivity contribution in [3.8, 4) is 11.5 Å². The van der Waals surface area contributed by atoms with Crippen molar-refractivity contribution in [2.45, 2.75) is 13.0 Å². The number of ether oxygens (including phenoxy) is 2. The van der Waals surface area contributed by atoms with Gasteiger partial charge in [-0.15, -0.1) is 0 Å². The van der Waals surface area contributed by atoms with Crippen LogP contribution in [0.25, 0.3) is 0 Å². The number of hydrogen-bond donors (Lipinski definition) is 1. The summed E-state index contributed by atoms with van der Waals surface area (Å²) in [5.74, 6) is -1.54. The Kier molecular flexibility index (Phi) is 5.16. The smallest absolute Gasteiger partial charge is 0.257 e. The SMILES string of the molecule is COc1ccc(OC)c(C(C)NC(=O)c2c(F)cccc2F)c1. The molecule has 1 unspecified atom stereocenters. The lowest BCUT2D eigenvalue weighted by atomic mass is 10.1. The summed E-state index contributed by atoms with van der Waals surface area (Å²) >= 11 is 0. The Labute approximate surface area is 133 Å². The van der Waals surface area contributed by atoms with Crippen LogP contribution in [0.2, 0.25) is 0 Å². The Balaban J connectivity index is 2.28. The molecule has 0 aliphatic carbocycles. The molecule has 4 nitrogen and oxygen atoms in total. The number of carbonyl (C=O) groups excluding carboxylic acids is 1. The van der Waals surface area contributed by atoms with Gasteiger partial charge >= 0.3 is 0 Å². The zero-order valence-electron chi connectivity index (χ0n) is 13.0. The summed E-state index contributed by atoms with van der Waals surface area (Å²) in [7, 11) is 3.01. The van der Waals surface area contributed by atoms with Crippen molar-refractivity contribution in [3.05, 3.63) is 59.2 Å².